The molecule has 4 aliphatic heterocycles. The van der Waals surface area contributed by atoms with E-state index in [1.807, 2.05) is 67.3 Å². The summed E-state index contributed by atoms with van der Waals surface area (Å²) in [5.41, 5.74) is 2.60. The summed E-state index contributed by atoms with van der Waals surface area (Å²) in [6.07, 6.45) is 2.82. The van der Waals surface area contributed by atoms with Crippen LogP contribution >= 0.6 is 11.8 Å². The van der Waals surface area contributed by atoms with Crippen LogP contribution in [0.5, 0.6) is 11.5 Å². The zero-order valence-electron chi connectivity index (χ0n) is 22.8. The predicted octanol–water partition coefficient (Wildman–Crippen LogP) is 4.30. The third-order valence-corrected chi connectivity index (χ3v) is 9.50. The van der Waals surface area contributed by atoms with E-state index in [0.29, 0.717) is 19.5 Å². The molecule has 0 bridgehead atoms. The van der Waals surface area contributed by atoms with Crippen molar-refractivity contribution in [3.8, 4) is 11.5 Å². The molecule has 6 rings (SSSR count). The predicted molar refractivity (Wildman–Crippen MR) is 155 cm³/mol. The van der Waals surface area contributed by atoms with Gasteiger partial charge in [0.05, 0.1) is 28.1 Å². The Morgan fingerprint density at radius 3 is 2.73 bits per heavy atom. The molecular weight excluding hydrogens is 526 g/mol. The van der Waals surface area contributed by atoms with Gasteiger partial charge in [0.15, 0.2) is 0 Å². The number of ether oxygens (including phenoxy) is 1. The van der Waals surface area contributed by atoms with E-state index in [0.717, 1.165) is 59.3 Å². The molecule has 4 atom stereocenters. The standard InChI is InChI=1S/C30H35N5O4S/c1-3-24(36)34-15-7-8-19(17-34)27(37)33-29-26-25-23(13-14-31-28(25)40-29)35(30(38)32-26)22-12-11-21(16-18(22)2)39-20-9-5-4-6-10-20/h4-6,9-12,16,19,23,25,28,31H,3,7-8,13-15,17H2,1-2H3,(H,32,38)(H,33,37). The maximum atomic E-state index is 13.6. The summed E-state index contributed by atoms with van der Waals surface area (Å²) in [5, 5.41) is 10.6. The highest BCUT2D eigenvalue weighted by molar-refractivity contribution is 8.03. The number of likely N-dealkylation sites (tertiary alicyclic amines) is 1. The summed E-state index contributed by atoms with van der Waals surface area (Å²) in [4.78, 5) is 42.8. The number of carbonyl (C=O) groups is 3. The van der Waals surface area contributed by atoms with Crippen molar-refractivity contribution in [1.29, 1.82) is 0 Å². The number of para-hydroxylation sites is 1. The van der Waals surface area contributed by atoms with Crippen molar-refractivity contribution in [2.24, 2.45) is 11.8 Å². The maximum absolute atomic E-state index is 13.6. The fourth-order valence-electron chi connectivity index (χ4n) is 6.26. The van der Waals surface area contributed by atoms with Crippen LogP contribution in [-0.2, 0) is 9.59 Å². The highest BCUT2D eigenvalue weighted by atomic mass is 32.2. The zero-order chi connectivity index (χ0) is 27.8. The molecule has 0 radical (unpaired) electrons. The average Bonchev–Trinajstić information content (AvgIpc) is 3.31. The number of hydrogen-bond acceptors (Lipinski definition) is 6. The van der Waals surface area contributed by atoms with Gasteiger partial charge in [0, 0.05) is 31.1 Å². The lowest BCUT2D eigenvalue weighted by Gasteiger charge is -2.46. The van der Waals surface area contributed by atoms with Crippen molar-refractivity contribution in [2.45, 2.75) is 50.9 Å². The topological polar surface area (TPSA) is 103 Å². The van der Waals surface area contributed by atoms with E-state index in [-0.39, 0.29) is 41.1 Å². The Morgan fingerprint density at radius 1 is 1.12 bits per heavy atom. The number of nitrogens with one attached hydrogen (secondary N) is 3. The molecule has 0 saturated carbocycles. The van der Waals surface area contributed by atoms with Crippen LogP contribution in [0.2, 0.25) is 0 Å². The molecule has 4 amide bonds. The molecule has 0 aromatic heterocycles. The largest absolute Gasteiger partial charge is 0.457 e. The SMILES string of the molecule is CCC(=O)N1CCCC(C(=O)NC2=C3NC(=O)N(c4ccc(Oc5ccccc5)cc4C)C4CCNC(S2)C34)C1. The quantitative estimate of drug-likeness (QED) is 0.486. The minimum Gasteiger partial charge on any atom is -0.457 e. The monoisotopic (exact) mass is 561 g/mol. The summed E-state index contributed by atoms with van der Waals surface area (Å²) in [7, 11) is 0. The lowest BCUT2D eigenvalue weighted by atomic mass is 9.86. The van der Waals surface area contributed by atoms with Crippen molar-refractivity contribution < 1.29 is 19.1 Å². The van der Waals surface area contributed by atoms with Gasteiger partial charge in [0.1, 0.15) is 11.5 Å². The van der Waals surface area contributed by atoms with Crippen LogP contribution in [0.15, 0.2) is 59.3 Å². The Hall–Kier alpha value is -3.50. The van der Waals surface area contributed by atoms with Gasteiger partial charge in [0.25, 0.3) is 0 Å². The molecular formula is C30H35N5O4S. The highest BCUT2D eigenvalue weighted by Gasteiger charge is 2.51. The Morgan fingerprint density at radius 2 is 1.95 bits per heavy atom. The van der Waals surface area contributed by atoms with E-state index in [9.17, 15) is 14.4 Å². The number of amides is 4. The third kappa shape index (κ3) is 5.06. The van der Waals surface area contributed by atoms with E-state index in [1.54, 1.807) is 16.7 Å². The molecule has 3 fully saturated rings. The Bertz CT molecular complexity index is 1350. The number of nitrogens with zero attached hydrogens (tertiary/aromatic N) is 2. The molecule has 4 unspecified atom stereocenters. The third-order valence-electron chi connectivity index (χ3n) is 8.23. The highest BCUT2D eigenvalue weighted by Crippen LogP contribution is 2.47. The van der Waals surface area contributed by atoms with Crippen LogP contribution in [0.25, 0.3) is 0 Å². The van der Waals surface area contributed by atoms with Gasteiger partial charge in [-0.1, -0.05) is 36.9 Å². The van der Waals surface area contributed by atoms with Crippen LogP contribution in [0.1, 0.15) is 38.2 Å². The number of benzene rings is 2. The maximum Gasteiger partial charge on any atom is 0.326 e. The number of carbonyl (C=O) groups excluding carboxylic acids is 3. The van der Waals surface area contributed by atoms with Gasteiger partial charge in [-0.25, -0.2) is 4.79 Å². The smallest absolute Gasteiger partial charge is 0.326 e. The van der Waals surface area contributed by atoms with Gasteiger partial charge in [0.2, 0.25) is 11.8 Å². The van der Waals surface area contributed by atoms with E-state index >= 15 is 0 Å². The molecule has 2 aromatic rings. The molecule has 10 heteroatoms. The lowest BCUT2D eigenvalue weighted by molar-refractivity contribution is -0.135. The average molecular weight is 562 g/mol. The second kappa shape index (κ2) is 11.2. The molecule has 40 heavy (non-hydrogen) atoms. The molecule has 210 valence electrons. The number of anilines is 1. The van der Waals surface area contributed by atoms with Crippen molar-refractivity contribution in [2.75, 3.05) is 24.5 Å². The number of rotatable bonds is 6. The summed E-state index contributed by atoms with van der Waals surface area (Å²) < 4.78 is 6.00. The molecule has 4 heterocycles. The van der Waals surface area contributed by atoms with E-state index < -0.39 is 0 Å². The molecule has 2 aromatic carbocycles. The summed E-state index contributed by atoms with van der Waals surface area (Å²) in [5.74, 6) is 1.26. The summed E-state index contributed by atoms with van der Waals surface area (Å²) in [6, 6.07) is 15.2. The second-order valence-electron chi connectivity index (χ2n) is 10.8. The van der Waals surface area contributed by atoms with E-state index in [1.165, 1.54) is 0 Å². The Kier molecular flexibility index (Phi) is 7.46. The molecule has 0 aliphatic carbocycles. The van der Waals surface area contributed by atoms with Crippen molar-refractivity contribution in [3.63, 3.8) is 0 Å². The molecule has 4 aliphatic rings. The first-order valence-electron chi connectivity index (χ1n) is 14.1. The summed E-state index contributed by atoms with van der Waals surface area (Å²) in [6.45, 7) is 5.78. The zero-order valence-corrected chi connectivity index (χ0v) is 23.6. The Balaban J connectivity index is 1.21. The fourth-order valence-corrected chi connectivity index (χ4v) is 7.66. The van der Waals surface area contributed by atoms with Crippen LogP contribution in [-0.4, -0.2) is 53.8 Å². The van der Waals surface area contributed by atoms with Crippen molar-refractivity contribution >= 4 is 35.3 Å². The van der Waals surface area contributed by atoms with Crippen LogP contribution in [0.3, 0.4) is 0 Å². The normalized spacial score (nSPS) is 25.8. The lowest BCUT2D eigenvalue weighted by Crippen LogP contribution is -2.62. The van der Waals surface area contributed by atoms with Gasteiger partial charge in [-0.3, -0.25) is 14.5 Å². The minimum atomic E-state index is -0.251. The minimum absolute atomic E-state index is 0.0240. The van der Waals surface area contributed by atoms with E-state index in [2.05, 4.69) is 16.0 Å². The van der Waals surface area contributed by atoms with Gasteiger partial charge in [-0.15, -0.1) is 0 Å². The van der Waals surface area contributed by atoms with Gasteiger partial charge >= 0.3 is 6.03 Å². The first-order chi connectivity index (χ1) is 19.4. The fraction of sp³-hybridized carbons (Fsp3) is 0.433. The number of thioether (sulfide) groups is 1. The number of urea groups is 1. The molecule has 3 N–H and O–H groups in total. The Labute approximate surface area is 238 Å². The number of aryl methyl sites for hydroxylation is 1. The number of piperidine rings is 2. The van der Waals surface area contributed by atoms with Gasteiger partial charge in [-0.2, -0.15) is 0 Å². The first kappa shape index (κ1) is 26.7. The van der Waals surface area contributed by atoms with E-state index in [4.69, 9.17) is 4.74 Å². The summed E-state index contributed by atoms with van der Waals surface area (Å²) >= 11 is 1.58. The van der Waals surface area contributed by atoms with Gasteiger partial charge in [-0.05, 0) is 68.6 Å². The molecule has 3 saturated heterocycles. The second-order valence-corrected chi connectivity index (χ2v) is 12.0. The van der Waals surface area contributed by atoms with Crippen LogP contribution in [0, 0.1) is 18.8 Å². The van der Waals surface area contributed by atoms with Crippen molar-refractivity contribution in [3.05, 3.63) is 64.8 Å². The van der Waals surface area contributed by atoms with Crippen molar-refractivity contribution in [1.82, 2.24) is 20.9 Å². The van der Waals surface area contributed by atoms with Crippen LogP contribution in [0.4, 0.5) is 10.5 Å². The van der Waals surface area contributed by atoms with Gasteiger partial charge < -0.3 is 25.6 Å². The first-order valence-corrected chi connectivity index (χ1v) is 15.0. The number of hydrogen-bond donors (Lipinski definition) is 3. The molecule has 0 spiro atoms. The molecule has 9 nitrogen and oxygen atoms in total. The van der Waals surface area contributed by atoms with Crippen LogP contribution < -0.4 is 25.6 Å².